The molecule has 0 amide bonds. The highest BCUT2D eigenvalue weighted by molar-refractivity contribution is 7.92. The van der Waals surface area contributed by atoms with Gasteiger partial charge in [0.2, 0.25) is 0 Å². The van der Waals surface area contributed by atoms with E-state index < -0.39 is 10.0 Å². The molecular weight excluding hydrogens is 268 g/mol. The van der Waals surface area contributed by atoms with Gasteiger partial charge in [-0.3, -0.25) is 4.72 Å². The van der Waals surface area contributed by atoms with Crippen molar-refractivity contribution in [2.24, 2.45) is 0 Å². The average molecular weight is 278 g/mol. The van der Waals surface area contributed by atoms with Crippen molar-refractivity contribution in [2.75, 3.05) is 4.72 Å². The first kappa shape index (κ1) is 13.0. The first-order chi connectivity index (χ1) is 8.95. The third kappa shape index (κ3) is 2.41. The van der Waals surface area contributed by atoms with E-state index in [0.29, 0.717) is 0 Å². The number of hydrogen-bond acceptors (Lipinski definition) is 6. The maximum atomic E-state index is 12.2. The molecule has 8 heteroatoms. The molecule has 0 saturated heterocycles. The Balaban J connectivity index is 2.46. The number of nitrogens with zero attached hydrogens (tertiary/aromatic N) is 3. The molecule has 19 heavy (non-hydrogen) atoms. The number of aryl methyl sites for hydroxylation is 2. The van der Waals surface area contributed by atoms with Crippen LogP contribution in [0.5, 0.6) is 0 Å². The zero-order valence-electron chi connectivity index (χ0n) is 10.2. The van der Waals surface area contributed by atoms with Crippen molar-refractivity contribution >= 4 is 15.8 Å². The SMILES string of the molecule is Cc1noc(C)c1S(=O)(=O)Nc1ncccc1C#N. The molecule has 0 aliphatic carbocycles. The molecule has 0 bridgehead atoms. The lowest BCUT2D eigenvalue weighted by Gasteiger charge is -2.07. The highest BCUT2D eigenvalue weighted by Crippen LogP contribution is 2.22. The first-order valence-electron chi connectivity index (χ1n) is 5.26. The smallest absolute Gasteiger partial charge is 0.268 e. The Bertz CT molecular complexity index is 739. The van der Waals surface area contributed by atoms with Gasteiger partial charge in [0.1, 0.15) is 11.8 Å². The van der Waals surface area contributed by atoms with E-state index in [-0.39, 0.29) is 27.7 Å². The molecule has 98 valence electrons. The van der Waals surface area contributed by atoms with Gasteiger partial charge in [0, 0.05) is 6.20 Å². The molecule has 2 rings (SSSR count). The van der Waals surface area contributed by atoms with Gasteiger partial charge in [-0.1, -0.05) is 5.16 Å². The lowest BCUT2D eigenvalue weighted by molar-refractivity contribution is 0.390. The van der Waals surface area contributed by atoms with Gasteiger partial charge in [0.25, 0.3) is 10.0 Å². The monoisotopic (exact) mass is 278 g/mol. The quantitative estimate of drug-likeness (QED) is 0.907. The second-order valence-electron chi connectivity index (χ2n) is 3.77. The minimum atomic E-state index is -3.88. The van der Waals surface area contributed by atoms with Crippen molar-refractivity contribution in [2.45, 2.75) is 18.7 Å². The molecular formula is C11H10N4O3S. The number of hydrogen-bond donors (Lipinski definition) is 1. The summed E-state index contributed by atoms with van der Waals surface area (Å²) in [7, 11) is -3.88. The zero-order valence-corrected chi connectivity index (χ0v) is 11.0. The molecule has 1 N–H and O–H groups in total. The van der Waals surface area contributed by atoms with Crippen molar-refractivity contribution in [3.63, 3.8) is 0 Å². The van der Waals surface area contributed by atoms with E-state index >= 15 is 0 Å². The summed E-state index contributed by atoms with van der Waals surface area (Å²) in [6.07, 6.45) is 1.39. The van der Waals surface area contributed by atoms with E-state index in [1.807, 2.05) is 6.07 Å². The average Bonchev–Trinajstić information content (AvgIpc) is 2.70. The predicted molar refractivity (Wildman–Crippen MR) is 65.7 cm³/mol. The van der Waals surface area contributed by atoms with Gasteiger partial charge in [-0.2, -0.15) is 5.26 Å². The lowest BCUT2D eigenvalue weighted by Crippen LogP contribution is -2.16. The Morgan fingerprint density at radius 1 is 1.42 bits per heavy atom. The minimum absolute atomic E-state index is 0.0231. The van der Waals surface area contributed by atoms with Crippen LogP contribution >= 0.6 is 0 Å². The van der Waals surface area contributed by atoms with Crippen LogP contribution < -0.4 is 4.72 Å². The van der Waals surface area contributed by atoms with Crippen LogP contribution in [0.15, 0.2) is 27.7 Å². The van der Waals surface area contributed by atoms with Gasteiger partial charge in [0.15, 0.2) is 16.5 Å². The molecule has 0 radical (unpaired) electrons. The van der Waals surface area contributed by atoms with Gasteiger partial charge < -0.3 is 4.52 Å². The molecule has 7 nitrogen and oxygen atoms in total. The van der Waals surface area contributed by atoms with Crippen LogP contribution in [0.2, 0.25) is 0 Å². The number of nitrogens with one attached hydrogen (secondary N) is 1. The summed E-state index contributed by atoms with van der Waals surface area (Å²) in [5.41, 5.74) is 0.386. The Morgan fingerprint density at radius 2 is 2.16 bits per heavy atom. The summed E-state index contributed by atoms with van der Waals surface area (Å²) in [5, 5.41) is 12.5. The normalized spacial score (nSPS) is 11.0. The maximum absolute atomic E-state index is 12.2. The van der Waals surface area contributed by atoms with Crippen LogP contribution in [0.4, 0.5) is 5.82 Å². The molecule has 2 aromatic rings. The van der Waals surface area contributed by atoms with E-state index in [2.05, 4.69) is 14.9 Å². The summed E-state index contributed by atoms with van der Waals surface area (Å²) in [5.74, 6) is 0.157. The topological polar surface area (TPSA) is 109 Å². The van der Waals surface area contributed by atoms with Crippen molar-refractivity contribution in [1.29, 1.82) is 5.26 Å². The van der Waals surface area contributed by atoms with E-state index in [4.69, 9.17) is 9.78 Å². The zero-order chi connectivity index (χ0) is 14.0. The van der Waals surface area contributed by atoms with Crippen LogP contribution in [-0.4, -0.2) is 18.6 Å². The number of aromatic nitrogens is 2. The minimum Gasteiger partial charge on any atom is -0.360 e. The Hall–Kier alpha value is -2.40. The molecule has 0 unspecified atom stereocenters. The van der Waals surface area contributed by atoms with Crippen LogP contribution in [0.1, 0.15) is 17.0 Å². The van der Waals surface area contributed by atoms with Crippen molar-refractivity contribution in [3.05, 3.63) is 35.3 Å². The molecule has 0 atom stereocenters. The fourth-order valence-electron chi connectivity index (χ4n) is 1.61. The van der Waals surface area contributed by atoms with E-state index in [0.717, 1.165) is 0 Å². The summed E-state index contributed by atoms with van der Waals surface area (Å²) in [4.78, 5) is 3.80. The fraction of sp³-hybridized carbons (Fsp3) is 0.182. The Kier molecular flexibility index (Phi) is 3.23. The molecule has 2 heterocycles. The van der Waals surface area contributed by atoms with E-state index in [9.17, 15) is 8.42 Å². The van der Waals surface area contributed by atoms with Crippen molar-refractivity contribution < 1.29 is 12.9 Å². The van der Waals surface area contributed by atoms with Gasteiger partial charge >= 0.3 is 0 Å². The number of pyridine rings is 1. The Morgan fingerprint density at radius 3 is 2.74 bits per heavy atom. The molecule has 0 fully saturated rings. The van der Waals surface area contributed by atoms with Gasteiger partial charge in [0.05, 0.1) is 5.56 Å². The predicted octanol–water partition coefficient (Wildman–Crippen LogP) is 1.36. The van der Waals surface area contributed by atoms with Crippen LogP contribution in [-0.2, 0) is 10.0 Å². The van der Waals surface area contributed by atoms with Crippen LogP contribution in [0.25, 0.3) is 0 Å². The molecule has 0 saturated carbocycles. The second-order valence-corrected chi connectivity index (χ2v) is 5.39. The molecule has 0 spiro atoms. The standard InChI is InChI=1S/C11H10N4O3S/c1-7-10(8(2)18-14-7)19(16,17)15-11-9(6-12)4-3-5-13-11/h3-5H,1-2H3,(H,13,15). The van der Waals surface area contributed by atoms with Crippen molar-refractivity contribution in [1.82, 2.24) is 10.1 Å². The Labute approximate surface area is 109 Å². The highest BCUT2D eigenvalue weighted by Gasteiger charge is 2.25. The third-order valence-electron chi connectivity index (χ3n) is 2.40. The number of nitriles is 1. The molecule has 0 aromatic carbocycles. The summed E-state index contributed by atoms with van der Waals surface area (Å²) in [6.45, 7) is 3.02. The van der Waals surface area contributed by atoms with E-state index in [1.165, 1.54) is 26.1 Å². The molecule has 0 aliphatic rings. The third-order valence-corrected chi connectivity index (χ3v) is 3.98. The summed E-state index contributed by atoms with van der Waals surface area (Å²) in [6, 6.07) is 4.88. The lowest BCUT2D eigenvalue weighted by atomic mass is 10.3. The number of rotatable bonds is 3. The van der Waals surface area contributed by atoms with Crippen LogP contribution in [0, 0.1) is 25.2 Å². The van der Waals surface area contributed by atoms with Gasteiger partial charge in [-0.15, -0.1) is 0 Å². The van der Waals surface area contributed by atoms with E-state index in [1.54, 1.807) is 6.07 Å². The largest absolute Gasteiger partial charge is 0.360 e. The maximum Gasteiger partial charge on any atom is 0.268 e. The first-order valence-corrected chi connectivity index (χ1v) is 6.75. The molecule has 2 aromatic heterocycles. The molecule has 0 aliphatic heterocycles. The van der Waals surface area contributed by atoms with Gasteiger partial charge in [-0.25, -0.2) is 13.4 Å². The summed E-state index contributed by atoms with van der Waals surface area (Å²) < 4.78 is 31.5. The number of anilines is 1. The highest BCUT2D eigenvalue weighted by atomic mass is 32.2. The fourth-order valence-corrected chi connectivity index (χ4v) is 2.97. The van der Waals surface area contributed by atoms with Crippen LogP contribution in [0.3, 0.4) is 0 Å². The second kappa shape index (κ2) is 4.70. The van der Waals surface area contributed by atoms with Crippen molar-refractivity contribution in [3.8, 4) is 6.07 Å². The van der Waals surface area contributed by atoms with Gasteiger partial charge in [-0.05, 0) is 26.0 Å². The number of sulfonamides is 1. The summed E-state index contributed by atoms with van der Waals surface area (Å²) >= 11 is 0.